The molecule has 1 aromatic heterocycles. The van der Waals surface area contributed by atoms with Crippen molar-refractivity contribution >= 4 is 27.7 Å². The smallest absolute Gasteiger partial charge is 0.341 e. The van der Waals surface area contributed by atoms with Gasteiger partial charge in [0.2, 0.25) is 21.8 Å². The van der Waals surface area contributed by atoms with E-state index in [1.165, 1.54) is 19.2 Å². The van der Waals surface area contributed by atoms with Gasteiger partial charge >= 0.3 is 5.97 Å². The van der Waals surface area contributed by atoms with E-state index in [4.69, 9.17) is 4.74 Å². The normalized spacial score (nSPS) is 13.7. The maximum Gasteiger partial charge on any atom is 0.341 e. The number of nitrogens with one attached hydrogen (secondary N) is 1. The van der Waals surface area contributed by atoms with Gasteiger partial charge in [-0.25, -0.2) is 17.6 Å². The molecule has 10 nitrogen and oxygen atoms in total. The molecular formula is C21H21FN4O6S. The van der Waals surface area contributed by atoms with Gasteiger partial charge in [-0.05, 0) is 29.7 Å². The zero-order chi connectivity index (χ0) is 24.3. The number of ether oxygens (including phenoxy) is 1. The van der Waals surface area contributed by atoms with Gasteiger partial charge in [0, 0.05) is 13.1 Å². The van der Waals surface area contributed by atoms with Crippen molar-refractivity contribution in [1.29, 1.82) is 5.26 Å². The molecule has 0 atom stereocenters. The third-order valence-electron chi connectivity index (χ3n) is 5.20. The number of nitriles is 1. The standard InChI is InChI=1S/C21H21FN4O6S/c1-3-15-16(8-23)18(24-20(32-2)17(15)21(28)29)26-9-13(10-26)19(27)25-33(30,31)11-12-4-6-14(22)7-5-12/h4-7,13H,3,9-11H2,1-2H3,(H,25,27)(H,28,29). The molecule has 33 heavy (non-hydrogen) atoms. The summed E-state index contributed by atoms with van der Waals surface area (Å²) in [6.07, 6.45) is 0.246. The number of hydrogen-bond donors (Lipinski definition) is 2. The summed E-state index contributed by atoms with van der Waals surface area (Å²) in [6.45, 7) is 1.86. The second-order valence-electron chi connectivity index (χ2n) is 7.40. The molecule has 0 bridgehead atoms. The number of aromatic nitrogens is 1. The van der Waals surface area contributed by atoms with Crippen LogP contribution in [0.4, 0.5) is 10.2 Å². The molecule has 1 saturated heterocycles. The van der Waals surface area contributed by atoms with Crippen LogP contribution in [0.5, 0.6) is 5.88 Å². The maximum atomic E-state index is 13.0. The second-order valence-corrected chi connectivity index (χ2v) is 9.12. The highest BCUT2D eigenvalue weighted by Crippen LogP contribution is 2.34. The van der Waals surface area contributed by atoms with Gasteiger partial charge in [0.1, 0.15) is 17.4 Å². The molecule has 1 fully saturated rings. The quantitative estimate of drug-likeness (QED) is 0.577. The van der Waals surface area contributed by atoms with Crippen LogP contribution in [0.3, 0.4) is 0 Å². The lowest BCUT2D eigenvalue weighted by atomic mass is 9.96. The Morgan fingerprint density at radius 2 is 1.97 bits per heavy atom. The number of hydrogen-bond acceptors (Lipinski definition) is 8. The van der Waals surface area contributed by atoms with E-state index in [1.54, 1.807) is 11.8 Å². The molecule has 1 aliphatic heterocycles. The first-order chi connectivity index (χ1) is 15.6. The second kappa shape index (κ2) is 9.41. The number of carboxylic acids is 1. The van der Waals surface area contributed by atoms with Gasteiger partial charge < -0.3 is 14.7 Å². The van der Waals surface area contributed by atoms with E-state index in [1.807, 2.05) is 10.8 Å². The molecule has 1 aliphatic rings. The van der Waals surface area contributed by atoms with Crippen molar-refractivity contribution in [2.45, 2.75) is 19.1 Å². The van der Waals surface area contributed by atoms with E-state index in [-0.39, 0.29) is 47.9 Å². The molecule has 2 N–H and O–H groups in total. The number of aromatic carboxylic acids is 1. The maximum absolute atomic E-state index is 13.0. The molecule has 0 aliphatic carbocycles. The largest absolute Gasteiger partial charge is 0.480 e. The first kappa shape index (κ1) is 23.9. The van der Waals surface area contributed by atoms with Crippen LogP contribution >= 0.6 is 0 Å². The van der Waals surface area contributed by atoms with Gasteiger partial charge in [-0.2, -0.15) is 10.2 Å². The van der Waals surface area contributed by atoms with Crippen LogP contribution in [-0.4, -0.2) is 50.6 Å². The van der Waals surface area contributed by atoms with Crippen molar-refractivity contribution in [3.8, 4) is 11.9 Å². The average Bonchev–Trinajstić information content (AvgIpc) is 2.72. The molecule has 2 aromatic rings. The number of pyridine rings is 1. The molecule has 0 saturated carbocycles. The third-order valence-corrected chi connectivity index (χ3v) is 6.42. The van der Waals surface area contributed by atoms with Crippen molar-refractivity contribution in [2.24, 2.45) is 5.92 Å². The number of rotatable bonds is 8. The molecule has 0 radical (unpaired) electrons. The van der Waals surface area contributed by atoms with Crippen LogP contribution in [-0.2, 0) is 27.0 Å². The minimum absolute atomic E-state index is 0.0680. The zero-order valence-electron chi connectivity index (χ0n) is 17.8. The Kier molecular flexibility index (Phi) is 6.83. The van der Waals surface area contributed by atoms with Crippen LogP contribution in [0.2, 0.25) is 0 Å². The van der Waals surface area contributed by atoms with Gasteiger partial charge in [-0.3, -0.25) is 9.52 Å². The number of carbonyl (C=O) groups is 2. The number of methoxy groups -OCH3 is 1. The first-order valence-corrected chi connectivity index (χ1v) is 11.5. The predicted octanol–water partition coefficient (Wildman–Crippen LogP) is 1.44. The first-order valence-electron chi connectivity index (χ1n) is 9.88. The summed E-state index contributed by atoms with van der Waals surface area (Å²) >= 11 is 0. The van der Waals surface area contributed by atoms with E-state index in [9.17, 15) is 32.8 Å². The number of nitrogens with zero attached hydrogens (tertiary/aromatic N) is 3. The van der Waals surface area contributed by atoms with Crippen molar-refractivity contribution in [3.05, 3.63) is 52.3 Å². The SMILES string of the molecule is CCc1c(C#N)c(N2CC(C(=O)NS(=O)(=O)Cc3ccc(F)cc3)C2)nc(OC)c1C(=O)O. The van der Waals surface area contributed by atoms with Crippen molar-refractivity contribution in [3.63, 3.8) is 0 Å². The summed E-state index contributed by atoms with van der Waals surface area (Å²) in [5, 5.41) is 19.1. The van der Waals surface area contributed by atoms with Crippen molar-refractivity contribution < 1.29 is 32.2 Å². The number of anilines is 1. The van der Waals surface area contributed by atoms with E-state index in [2.05, 4.69) is 4.98 Å². The predicted molar refractivity (Wildman–Crippen MR) is 115 cm³/mol. The molecule has 1 aromatic carbocycles. The fourth-order valence-corrected chi connectivity index (χ4v) is 4.73. The lowest BCUT2D eigenvalue weighted by Gasteiger charge is -2.39. The van der Waals surface area contributed by atoms with Crippen LogP contribution < -0.4 is 14.4 Å². The third kappa shape index (κ3) is 5.04. The van der Waals surface area contributed by atoms with Crippen molar-refractivity contribution in [1.82, 2.24) is 9.71 Å². The lowest BCUT2D eigenvalue weighted by molar-refractivity contribution is -0.123. The highest BCUT2D eigenvalue weighted by atomic mass is 32.2. The van der Waals surface area contributed by atoms with E-state index in [0.29, 0.717) is 5.56 Å². The number of halogens is 1. The minimum atomic E-state index is -3.99. The molecule has 3 rings (SSSR count). The fraction of sp³-hybridized carbons (Fsp3) is 0.333. The van der Waals surface area contributed by atoms with Crippen LogP contribution in [0.1, 0.15) is 34.0 Å². The summed E-state index contributed by atoms with van der Waals surface area (Å²) in [6, 6.07) is 6.87. The van der Waals surface area contributed by atoms with Crippen molar-refractivity contribution in [2.75, 3.05) is 25.1 Å². The van der Waals surface area contributed by atoms with E-state index >= 15 is 0 Å². The Morgan fingerprint density at radius 1 is 1.33 bits per heavy atom. The summed E-state index contributed by atoms with van der Waals surface area (Å²) in [4.78, 5) is 29.8. The number of carboxylic acid groups (broad SMARTS) is 1. The van der Waals surface area contributed by atoms with Crippen LogP contribution in [0.15, 0.2) is 24.3 Å². The lowest BCUT2D eigenvalue weighted by Crippen LogP contribution is -2.55. The topological polar surface area (TPSA) is 150 Å². The van der Waals surface area contributed by atoms with E-state index < -0.39 is 39.4 Å². The molecule has 0 unspecified atom stereocenters. The average molecular weight is 476 g/mol. The zero-order valence-corrected chi connectivity index (χ0v) is 18.6. The molecule has 2 heterocycles. The Bertz CT molecular complexity index is 1230. The summed E-state index contributed by atoms with van der Waals surface area (Å²) in [5.74, 6) is -3.62. The monoisotopic (exact) mass is 476 g/mol. The van der Waals surface area contributed by atoms with Gasteiger partial charge in [0.05, 0.1) is 24.3 Å². The van der Waals surface area contributed by atoms with Gasteiger partial charge in [0.15, 0.2) is 5.82 Å². The molecule has 1 amide bonds. The fourth-order valence-electron chi connectivity index (χ4n) is 3.56. The summed E-state index contributed by atoms with van der Waals surface area (Å²) < 4.78 is 44.7. The highest BCUT2D eigenvalue weighted by Gasteiger charge is 2.38. The summed E-state index contributed by atoms with van der Waals surface area (Å²) in [7, 11) is -2.73. The van der Waals surface area contributed by atoms with Crippen LogP contribution in [0, 0.1) is 23.1 Å². The van der Waals surface area contributed by atoms with Crippen LogP contribution in [0.25, 0.3) is 0 Å². The number of carbonyl (C=O) groups excluding carboxylic acids is 1. The Balaban J connectivity index is 1.74. The Morgan fingerprint density at radius 3 is 2.48 bits per heavy atom. The molecule has 174 valence electrons. The van der Waals surface area contributed by atoms with Gasteiger partial charge in [-0.15, -0.1) is 0 Å². The number of amides is 1. The Hall–Kier alpha value is -3.72. The summed E-state index contributed by atoms with van der Waals surface area (Å²) in [5.41, 5.74) is 0.467. The molecular weight excluding hydrogens is 455 g/mol. The Labute approximate surface area is 189 Å². The molecule has 12 heteroatoms. The molecule has 0 spiro atoms. The van der Waals surface area contributed by atoms with Gasteiger partial charge in [0.25, 0.3) is 0 Å². The highest BCUT2D eigenvalue weighted by molar-refractivity contribution is 7.89. The number of benzene rings is 1. The minimum Gasteiger partial charge on any atom is -0.480 e. The number of sulfonamides is 1. The van der Waals surface area contributed by atoms with Gasteiger partial charge in [-0.1, -0.05) is 19.1 Å². The van der Waals surface area contributed by atoms with E-state index in [0.717, 1.165) is 12.1 Å².